The third-order valence-electron chi connectivity index (χ3n) is 4.08. The molecule has 0 aromatic heterocycles. The fourth-order valence-electron chi connectivity index (χ4n) is 2.79. The highest BCUT2D eigenvalue weighted by atomic mass is 79.9. The van der Waals surface area contributed by atoms with Gasteiger partial charge in [-0.3, -0.25) is 0 Å². The van der Waals surface area contributed by atoms with Gasteiger partial charge in [0.15, 0.2) is 0 Å². The summed E-state index contributed by atoms with van der Waals surface area (Å²) in [6.07, 6.45) is 3.33. The van der Waals surface area contributed by atoms with Crippen LogP contribution in [0.4, 0.5) is 0 Å². The molecule has 0 fully saturated rings. The van der Waals surface area contributed by atoms with Crippen molar-refractivity contribution in [2.45, 2.75) is 40.0 Å². The van der Waals surface area contributed by atoms with E-state index in [0.717, 1.165) is 38.3 Å². The Morgan fingerprint density at radius 2 is 2.15 bits per heavy atom. The number of rotatable bonds is 7. The van der Waals surface area contributed by atoms with Gasteiger partial charge in [0.2, 0.25) is 0 Å². The standard InChI is InChI=1S/C17H26BrNO/c1-4-6-19-11-15(12(2)3)8-14-10-16(18)9-13-5-7-20-17(13)14/h9-10,12,15,19H,4-8,11H2,1-3H3. The molecule has 1 unspecified atom stereocenters. The summed E-state index contributed by atoms with van der Waals surface area (Å²) >= 11 is 3.64. The van der Waals surface area contributed by atoms with E-state index in [1.165, 1.54) is 22.0 Å². The van der Waals surface area contributed by atoms with Crippen molar-refractivity contribution in [1.29, 1.82) is 0 Å². The highest BCUT2D eigenvalue weighted by Crippen LogP contribution is 2.35. The first-order valence-corrected chi connectivity index (χ1v) is 8.56. The van der Waals surface area contributed by atoms with E-state index in [-0.39, 0.29) is 0 Å². The summed E-state index contributed by atoms with van der Waals surface area (Å²) in [5.74, 6) is 2.48. The molecule has 1 N–H and O–H groups in total. The molecule has 0 radical (unpaired) electrons. The second-order valence-electron chi connectivity index (χ2n) is 6.06. The molecule has 0 bridgehead atoms. The Morgan fingerprint density at radius 1 is 1.35 bits per heavy atom. The molecule has 0 saturated heterocycles. The highest BCUT2D eigenvalue weighted by molar-refractivity contribution is 9.10. The fraction of sp³-hybridized carbons (Fsp3) is 0.647. The van der Waals surface area contributed by atoms with E-state index in [1.54, 1.807) is 0 Å². The summed E-state index contributed by atoms with van der Waals surface area (Å²) in [5.41, 5.74) is 2.72. The summed E-state index contributed by atoms with van der Waals surface area (Å²) in [4.78, 5) is 0. The van der Waals surface area contributed by atoms with Crippen molar-refractivity contribution in [1.82, 2.24) is 5.32 Å². The molecule has 20 heavy (non-hydrogen) atoms. The molecule has 1 atom stereocenters. The minimum Gasteiger partial charge on any atom is -0.493 e. The van der Waals surface area contributed by atoms with Crippen LogP contribution in [0, 0.1) is 11.8 Å². The lowest BCUT2D eigenvalue weighted by Gasteiger charge is -2.22. The van der Waals surface area contributed by atoms with Crippen LogP contribution in [0.2, 0.25) is 0 Å². The minimum absolute atomic E-state index is 0.657. The van der Waals surface area contributed by atoms with Crippen molar-refractivity contribution < 1.29 is 4.74 Å². The molecular weight excluding hydrogens is 314 g/mol. The Morgan fingerprint density at radius 3 is 2.85 bits per heavy atom. The Bertz CT molecular complexity index is 445. The van der Waals surface area contributed by atoms with Gasteiger partial charge >= 0.3 is 0 Å². The van der Waals surface area contributed by atoms with Crippen LogP contribution in [-0.2, 0) is 12.8 Å². The smallest absolute Gasteiger partial charge is 0.125 e. The zero-order valence-corrected chi connectivity index (χ0v) is 14.4. The maximum atomic E-state index is 5.85. The Hall–Kier alpha value is -0.540. The number of hydrogen-bond donors (Lipinski definition) is 1. The van der Waals surface area contributed by atoms with Crippen LogP contribution in [-0.4, -0.2) is 19.7 Å². The van der Waals surface area contributed by atoms with Crippen LogP contribution in [0.25, 0.3) is 0 Å². The Labute approximate surface area is 131 Å². The van der Waals surface area contributed by atoms with Gasteiger partial charge in [0.25, 0.3) is 0 Å². The maximum Gasteiger partial charge on any atom is 0.125 e. The lowest BCUT2D eigenvalue weighted by atomic mass is 9.88. The first-order valence-electron chi connectivity index (χ1n) is 7.76. The van der Waals surface area contributed by atoms with E-state index >= 15 is 0 Å². The van der Waals surface area contributed by atoms with Crippen molar-refractivity contribution in [3.63, 3.8) is 0 Å². The number of ether oxygens (including phenoxy) is 1. The molecule has 1 heterocycles. The van der Waals surface area contributed by atoms with Gasteiger partial charge in [-0.15, -0.1) is 0 Å². The van der Waals surface area contributed by atoms with Gasteiger partial charge < -0.3 is 10.1 Å². The van der Waals surface area contributed by atoms with E-state index in [4.69, 9.17) is 4.74 Å². The van der Waals surface area contributed by atoms with Crippen LogP contribution < -0.4 is 10.1 Å². The second-order valence-corrected chi connectivity index (χ2v) is 6.98. The van der Waals surface area contributed by atoms with E-state index in [1.807, 2.05) is 0 Å². The average Bonchev–Trinajstić information content (AvgIpc) is 2.85. The molecule has 112 valence electrons. The van der Waals surface area contributed by atoms with Gasteiger partial charge in [0.05, 0.1) is 6.61 Å². The van der Waals surface area contributed by atoms with E-state index in [2.05, 4.69) is 54.2 Å². The molecule has 0 amide bonds. The van der Waals surface area contributed by atoms with Gasteiger partial charge in [-0.2, -0.15) is 0 Å². The van der Waals surface area contributed by atoms with Crippen molar-refractivity contribution in [2.24, 2.45) is 11.8 Å². The summed E-state index contributed by atoms with van der Waals surface area (Å²) in [5, 5.41) is 3.57. The number of fused-ring (bicyclic) bond motifs is 1. The second kappa shape index (κ2) is 7.46. The maximum absolute atomic E-state index is 5.85. The molecule has 1 aromatic carbocycles. The molecule has 1 aliphatic heterocycles. The summed E-state index contributed by atoms with van der Waals surface area (Å²) in [7, 11) is 0. The molecule has 2 nitrogen and oxygen atoms in total. The number of nitrogens with one attached hydrogen (secondary N) is 1. The molecule has 1 aromatic rings. The lowest BCUT2D eigenvalue weighted by Crippen LogP contribution is -2.28. The number of benzene rings is 1. The van der Waals surface area contributed by atoms with Crippen molar-refractivity contribution in [3.05, 3.63) is 27.7 Å². The van der Waals surface area contributed by atoms with E-state index in [9.17, 15) is 0 Å². The van der Waals surface area contributed by atoms with Crippen molar-refractivity contribution in [2.75, 3.05) is 19.7 Å². The predicted molar refractivity (Wildman–Crippen MR) is 88.5 cm³/mol. The molecule has 0 aliphatic carbocycles. The average molecular weight is 340 g/mol. The first kappa shape index (κ1) is 15.8. The van der Waals surface area contributed by atoms with Gasteiger partial charge in [-0.1, -0.05) is 36.7 Å². The van der Waals surface area contributed by atoms with Gasteiger partial charge in [-0.25, -0.2) is 0 Å². The highest BCUT2D eigenvalue weighted by Gasteiger charge is 2.21. The third kappa shape index (κ3) is 3.98. The van der Waals surface area contributed by atoms with Crippen LogP contribution in [0.1, 0.15) is 38.3 Å². The molecule has 2 rings (SSSR count). The minimum atomic E-state index is 0.657. The molecule has 3 heteroatoms. The monoisotopic (exact) mass is 339 g/mol. The lowest BCUT2D eigenvalue weighted by molar-refractivity contribution is 0.335. The molecule has 0 saturated carbocycles. The van der Waals surface area contributed by atoms with Gasteiger partial charge in [0.1, 0.15) is 5.75 Å². The largest absolute Gasteiger partial charge is 0.493 e. The van der Waals surface area contributed by atoms with E-state index in [0.29, 0.717) is 11.8 Å². The van der Waals surface area contributed by atoms with Crippen LogP contribution in [0.15, 0.2) is 16.6 Å². The van der Waals surface area contributed by atoms with Crippen LogP contribution in [0.5, 0.6) is 5.75 Å². The third-order valence-corrected chi connectivity index (χ3v) is 4.54. The quantitative estimate of drug-likeness (QED) is 0.751. The normalized spacial score (nSPS) is 15.2. The first-order chi connectivity index (χ1) is 9.61. The predicted octanol–water partition coefficient (Wildman–Crippen LogP) is 4.20. The van der Waals surface area contributed by atoms with E-state index < -0.39 is 0 Å². The van der Waals surface area contributed by atoms with Crippen molar-refractivity contribution >= 4 is 15.9 Å². The number of halogens is 1. The van der Waals surface area contributed by atoms with Crippen molar-refractivity contribution in [3.8, 4) is 5.75 Å². The fourth-order valence-corrected chi connectivity index (χ4v) is 3.34. The summed E-state index contributed by atoms with van der Waals surface area (Å²) < 4.78 is 7.03. The van der Waals surface area contributed by atoms with Gasteiger partial charge in [-0.05, 0) is 61.0 Å². The Kier molecular flexibility index (Phi) is 5.91. The Balaban J connectivity index is 2.10. The molecule has 0 spiro atoms. The molecule has 1 aliphatic rings. The zero-order valence-electron chi connectivity index (χ0n) is 12.8. The zero-order chi connectivity index (χ0) is 14.5. The van der Waals surface area contributed by atoms with Crippen LogP contribution in [0.3, 0.4) is 0 Å². The SMILES string of the molecule is CCCNCC(Cc1cc(Br)cc2c1OCC2)C(C)C. The number of hydrogen-bond acceptors (Lipinski definition) is 2. The van der Waals surface area contributed by atoms with Gasteiger partial charge in [0, 0.05) is 10.9 Å². The summed E-state index contributed by atoms with van der Waals surface area (Å²) in [6, 6.07) is 4.44. The summed E-state index contributed by atoms with van der Waals surface area (Å²) in [6.45, 7) is 9.88. The van der Waals surface area contributed by atoms with Crippen LogP contribution >= 0.6 is 15.9 Å². The molecular formula is C17H26BrNO. The topological polar surface area (TPSA) is 21.3 Å².